The number of alkyl halides is 2. The van der Waals surface area contributed by atoms with Crippen LogP contribution in [0.25, 0.3) is 16.6 Å². The lowest BCUT2D eigenvalue weighted by molar-refractivity contribution is -0.0499. The van der Waals surface area contributed by atoms with Crippen LogP contribution in [0.2, 0.25) is 0 Å². The van der Waals surface area contributed by atoms with Gasteiger partial charge < -0.3 is 20.4 Å². The summed E-state index contributed by atoms with van der Waals surface area (Å²) < 4.78 is 29.7. The molecule has 1 atom stereocenters. The number of ether oxygens (including phenoxy) is 1. The number of nitrogens with one attached hydrogen (secondary N) is 1. The number of hydrogen-bond acceptors (Lipinski definition) is 7. The van der Waals surface area contributed by atoms with Gasteiger partial charge in [0.1, 0.15) is 23.5 Å². The first-order chi connectivity index (χ1) is 14.5. The quantitative estimate of drug-likeness (QED) is 0.662. The molecule has 10 heteroatoms. The summed E-state index contributed by atoms with van der Waals surface area (Å²) in [6, 6.07) is 6.78. The number of rotatable bonds is 5. The van der Waals surface area contributed by atoms with Crippen LogP contribution in [0.1, 0.15) is 37.0 Å². The third-order valence-electron chi connectivity index (χ3n) is 5.07. The molecule has 1 saturated heterocycles. The maximum Gasteiger partial charge on any atom is 0.387 e. The first-order valence-corrected chi connectivity index (χ1v) is 9.41. The van der Waals surface area contributed by atoms with Crippen LogP contribution < -0.4 is 15.4 Å². The highest BCUT2D eigenvalue weighted by Crippen LogP contribution is 2.29. The highest BCUT2D eigenvalue weighted by Gasteiger charge is 2.23. The number of imidazole rings is 1. The second kappa shape index (κ2) is 7.94. The zero-order chi connectivity index (χ0) is 21.3. The molecule has 0 spiro atoms. The third-order valence-corrected chi connectivity index (χ3v) is 5.07. The van der Waals surface area contributed by atoms with Gasteiger partial charge in [0.05, 0.1) is 22.2 Å². The molecule has 1 aliphatic heterocycles. The van der Waals surface area contributed by atoms with E-state index in [0.29, 0.717) is 34.3 Å². The number of H-pyrrole nitrogens is 1. The van der Waals surface area contributed by atoms with E-state index < -0.39 is 6.61 Å². The first kappa shape index (κ1) is 19.6. The summed E-state index contributed by atoms with van der Waals surface area (Å²) in [5.74, 6) is 1.31. The number of aromatic nitrogens is 4. The predicted octanol–water partition coefficient (Wildman–Crippen LogP) is 3.16. The number of hydrogen-bond donors (Lipinski definition) is 2. The second-order valence-electron chi connectivity index (χ2n) is 6.94. The summed E-state index contributed by atoms with van der Waals surface area (Å²) >= 11 is 0. The fourth-order valence-corrected chi connectivity index (χ4v) is 3.62. The molecular weight excluding hydrogens is 392 g/mol. The normalized spacial score (nSPS) is 17.0. The molecule has 0 radical (unpaired) electrons. The number of aromatic amines is 1. The van der Waals surface area contributed by atoms with Crippen LogP contribution in [0, 0.1) is 11.3 Å². The molecule has 154 valence electrons. The molecule has 0 unspecified atom stereocenters. The maximum absolute atomic E-state index is 12.6. The van der Waals surface area contributed by atoms with Crippen LogP contribution in [0.5, 0.6) is 5.75 Å². The summed E-state index contributed by atoms with van der Waals surface area (Å²) in [4.78, 5) is 18.6. The molecular formula is C20H19F2N7O. The van der Waals surface area contributed by atoms with Crippen molar-refractivity contribution in [1.29, 1.82) is 5.26 Å². The molecule has 1 aliphatic rings. The third kappa shape index (κ3) is 3.61. The molecule has 3 N–H and O–H groups in total. The summed E-state index contributed by atoms with van der Waals surface area (Å²) in [6.45, 7) is 0.0319. The van der Waals surface area contributed by atoms with E-state index >= 15 is 0 Å². The Balaban J connectivity index is 1.73. The highest BCUT2D eigenvalue weighted by atomic mass is 19.3. The highest BCUT2D eigenvalue weighted by molar-refractivity contribution is 5.84. The lowest BCUT2D eigenvalue weighted by Gasteiger charge is -2.22. The van der Waals surface area contributed by atoms with Crippen molar-refractivity contribution in [2.45, 2.75) is 32.4 Å². The molecule has 1 fully saturated rings. The van der Waals surface area contributed by atoms with Gasteiger partial charge in [-0.15, -0.1) is 0 Å². The Morgan fingerprint density at radius 3 is 2.93 bits per heavy atom. The first-order valence-electron chi connectivity index (χ1n) is 9.41. The van der Waals surface area contributed by atoms with Crippen molar-refractivity contribution in [3.63, 3.8) is 0 Å². The topological polar surface area (TPSA) is 117 Å². The van der Waals surface area contributed by atoms with E-state index in [1.807, 2.05) is 12.1 Å². The Bertz CT molecular complexity index is 1150. The predicted molar refractivity (Wildman–Crippen MR) is 107 cm³/mol. The maximum atomic E-state index is 12.6. The van der Waals surface area contributed by atoms with E-state index in [0.717, 1.165) is 25.2 Å². The van der Waals surface area contributed by atoms with Gasteiger partial charge in [-0.25, -0.2) is 15.0 Å². The summed E-state index contributed by atoms with van der Waals surface area (Å²) in [5.41, 5.74) is 7.10. The molecule has 0 saturated carbocycles. The molecule has 0 aliphatic carbocycles. The Morgan fingerprint density at radius 2 is 2.27 bits per heavy atom. The minimum absolute atomic E-state index is 0.0300. The van der Waals surface area contributed by atoms with Crippen LogP contribution in [0.3, 0.4) is 0 Å². The largest absolute Gasteiger partial charge is 0.433 e. The zero-order valence-electron chi connectivity index (χ0n) is 16.1. The molecule has 0 bridgehead atoms. The van der Waals surface area contributed by atoms with Crippen LogP contribution in [0.15, 0.2) is 30.6 Å². The Labute approximate surface area is 171 Å². The molecule has 2 aromatic heterocycles. The van der Waals surface area contributed by atoms with Crippen LogP contribution in [-0.4, -0.2) is 39.1 Å². The molecule has 0 amide bonds. The van der Waals surface area contributed by atoms with Gasteiger partial charge >= 0.3 is 6.61 Å². The van der Waals surface area contributed by atoms with Crippen LogP contribution in [-0.2, 0) is 0 Å². The summed E-state index contributed by atoms with van der Waals surface area (Å²) in [5, 5.41) is 9.22. The van der Waals surface area contributed by atoms with Crippen molar-refractivity contribution in [3.8, 4) is 11.8 Å². The molecule has 1 aromatic carbocycles. The van der Waals surface area contributed by atoms with Crippen molar-refractivity contribution < 1.29 is 13.5 Å². The lowest BCUT2D eigenvalue weighted by Crippen LogP contribution is -2.27. The summed E-state index contributed by atoms with van der Waals surface area (Å²) in [6.07, 6.45) is 5.21. The monoisotopic (exact) mass is 411 g/mol. The van der Waals surface area contributed by atoms with Crippen molar-refractivity contribution in [2.75, 3.05) is 11.4 Å². The molecule has 30 heavy (non-hydrogen) atoms. The average molecular weight is 411 g/mol. The average Bonchev–Trinajstić information content (AvgIpc) is 3.33. The SMILES string of the molecule is C[C@H]1CCCN1c1ccnc(C(=CN)c2nc3cc(OC(F)F)c(C#N)cc3[nH]2)n1. The van der Waals surface area contributed by atoms with E-state index in [-0.39, 0.29) is 11.3 Å². The van der Waals surface area contributed by atoms with Crippen molar-refractivity contribution in [1.82, 2.24) is 19.9 Å². The Hall–Kier alpha value is -3.74. The van der Waals surface area contributed by atoms with Crippen molar-refractivity contribution in [3.05, 3.63) is 47.8 Å². The minimum Gasteiger partial charge on any atom is -0.433 e. The fraction of sp³-hybridized carbons (Fsp3) is 0.300. The number of fused-ring (bicyclic) bond motifs is 1. The number of halogens is 2. The van der Waals surface area contributed by atoms with E-state index in [9.17, 15) is 14.0 Å². The van der Waals surface area contributed by atoms with Gasteiger partial charge in [0.2, 0.25) is 0 Å². The second-order valence-corrected chi connectivity index (χ2v) is 6.94. The van der Waals surface area contributed by atoms with Gasteiger partial charge in [0.15, 0.2) is 5.82 Å². The van der Waals surface area contributed by atoms with Gasteiger partial charge in [-0.05, 0) is 31.9 Å². The van der Waals surface area contributed by atoms with Gasteiger partial charge in [-0.2, -0.15) is 14.0 Å². The van der Waals surface area contributed by atoms with Gasteiger partial charge in [-0.1, -0.05) is 0 Å². The van der Waals surface area contributed by atoms with Gasteiger partial charge in [0.25, 0.3) is 0 Å². The number of nitrogens with zero attached hydrogens (tertiary/aromatic N) is 5. The smallest absolute Gasteiger partial charge is 0.387 e. The van der Waals surface area contributed by atoms with Crippen LogP contribution in [0.4, 0.5) is 14.6 Å². The lowest BCUT2D eigenvalue weighted by atomic mass is 10.2. The number of nitriles is 1. The van der Waals surface area contributed by atoms with Gasteiger partial charge in [-0.3, -0.25) is 0 Å². The molecule has 3 heterocycles. The molecule has 3 aromatic rings. The molecule has 4 rings (SSSR count). The van der Waals surface area contributed by atoms with E-state index in [4.69, 9.17) is 5.73 Å². The Kier molecular flexibility index (Phi) is 5.18. The number of nitrogens with two attached hydrogens (primary N) is 1. The van der Waals surface area contributed by atoms with Crippen LogP contribution >= 0.6 is 0 Å². The minimum atomic E-state index is -3.04. The summed E-state index contributed by atoms with van der Waals surface area (Å²) in [7, 11) is 0. The van der Waals surface area contributed by atoms with Crippen molar-refractivity contribution >= 4 is 22.4 Å². The Morgan fingerprint density at radius 1 is 1.43 bits per heavy atom. The number of benzene rings is 1. The fourth-order valence-electron chi connectivity index (χ4n) is 3.62. The van der Waals surface area contributed by atoms with E-state index in [1.165, 1.54) is 18.3 Å². The zero-order valence-corrected chi connectivity index (χ0v) is 16.1. The van der Waals surface area contributed by atoms with E-state index in [2.05, 4.69) is 36.5 Å². The standard InChI is InChI=1S/C20H19F2N7O/c1-11-3-2-6-29(11)17-4-5-25-18(28-17)13(10-24)19-26-14-7-12(9-23)16(30-20(21)22)8-15(14)27-19/h4-5,7-8,10-11,20H,2-3,6,24H2,1H3,(H,26,27)/t11-/m0/s1. The van der Waals surface area contributed by atoms with E-state index in [1.54, 1.807) is 6.20 Å². The van der Waals surface area contributed by atoms with Gasteiger partial charge in [0, 0.05) is 31.0 Å². The number of anilines is 1. The molecule has 8 nitrogen and oxygen atoms in total. The van der Waals surface area contributed by atoms with Crippen molar-refractivity contribution in [2.24, 2.45) is 5.73 Å².